The molecule has 1 heterocycles. The first-order chi connectivity index (χ1) is 21.7. The first-order valence-corrected chi connectivity index (χ1v) is 16.5. The lowest BCUT2D eigenvalue weighted by molar-refractivity contribution is -0.757. The Balaban J connectivity index is 1.17. The topological polar surface area (TPSA) is 91.1 Å². The van der Waals surface area contributed by atoms with Crippen molar-refractivity contribution in [1.29, 1.82) is 0 Å². The van der Waals surface area contributed by atoms with Crippen molar-refractivity contribution in [3.63, 3.8) is 0 Å². The number of likely N-dealkylation sites (tertiary alicyclic amines) is 1. The SMILES string of the molecule is O=C(CCC/C=C\CC1CCCC1/C=C/CCOc1cccc(C(F)(F)F)c1)OCCCN1CCC(CCCO[N+](=O)[O-])CC1. The third-order valence-corrected chi connectivity index (χ3v) is 8.72. The summed E-state index contributed by atoms with van der Waals surface area (Å²) in [4.78, 5) is 29.1. The van der Waals surface area contributed by atoms with E-state index in [0.717, 1.165) is 83.1 Å². The van der Waals surface area contributed by atoms with E-state index in [2.05, 4.69) is 34.0 Å². The number of benzene rings is 1. The number of nitrogens with zero attached hydrogens (tertiary/aromatic N) is 2. The number of carbonyl (C=O) groups is 1. The summed E-state index contributed by atoms with van der Waals surface area (Å²) in [6.07, 6.45) is 16.3. The summed E-state index contributed by atoms with van der Waals surface area (Å²) >= 11 is 0. The average Bonchev–Trinajstić information content (AvgIpc) is 3.46. The van der Waals surface area contributed by atoms with E-state index in [-0.39, 0.29) is 18.3 Å². The minimum atomic E-state index is -4.37. The summed E-state index contributed by atoms with van der Waals surface area (Å²) < 4.78 is 49.5. The number of ether oxygens (including phenoxy) is 2. The monoisotopic (exact) mass is 638 g/mol. The van der Waals surface area contributed by atoms with Gasteiger partial charge < -0.3 is 19.2 Å². The van der Waals surface area contributed by atoms with Crippen LogP contribution in [-0.4, -0.2) is 55.4 Å². The van der Waals surface area contributed by atoms with Gasteiger partial charge in [-0.25, -0.2) is 0 Å². The Morgan fingerprint density at radius 3 is 2.60 bits per heavy atom. The summed E-state index contributed by atoms with van der Waals surface area (Å²) in [5.41, 5.74) is -0.702. The molecule has 3 rings (SSSR count). The van der Waals surface area contributed by atoms with Gasteiger partial charge in [0.05, 0.1) is 25.4 Å². The Morgan fingerprint density at radius 1 is 1.00 bits per heavy atom. The third kappa shape index (κ3) is 15.2. The number of halogens is 3. The van der Waals surface area contributed by atoms with Crippen LogP contribution in [0.25, 0.3) is 0 Å². The van der Waals surface area contributed by atoms with Gasteiger partial charge in [0.1, 0.15) is 5.75 Å². The zero-order chi connectivity index (χ0) is 32.3. The molecule has 0 aromatic heterocycles. The molecule has 252 valence electrons. The second kappa shape index (κ2) is 20.1. The molecule has 2 atom stereocenters. The van der Waals surface area contributed by atoms with E-state index in [4.69, 9.17) is 9.47 Å². The van der Waals surface area contributed by atoms with E-state index in [0.29, 0.717) is 50.2 Å². The van der Waals surface area contributed by atoms with Crippen LogP contribution in [-0.2, 0) is 20.5 Å². The van der Waals surface area contributed by atoms with Crippen molar-refractivity contribution in [3.05, 3.63) is 64.2 Å². The highest BCUT2D eigenvalue weighted by molar-refractivity contribution is 5.69. The van der Waals surface area contributed by atoms with Crippen molar-refractivity contribution < 1.29 is 37.4 Å². The van der Waals surface area contributed by atoms with E-state index >= 15 is 0 Å². The molecular formula is C34H49F3N2O6. The minimum Gasteiger partial charge on any atom is -0.493 e. The van der Waals surface area contributed by atoms with Crippen molar-refractivity contribution in [2.45, 2.75) is 89.6 Å². The molecule has 0 N–H and O–H groups in total. The van der Waals surface area contributed by atoms with Gasteiger partial charge in [-0.2, -0.15) is 13.2 Å². The first-order valence-electron chi connectivity index (χ1n) is 16.5. The van der Waals surface area contributed by atoms with Crippen LogP contribution < -0.4 is 4.74 Å². The number of hydrogen-bond acceptors (Lipinski definition) is 7. The lowest BCUT2D eigenvalue weighted by Gasteiger charge is -2.31. The van der Waals surface area contributed by atoms with Gasteiger partial charge in [0, 0.05) is 13.0 Å². The maximum atomic E-state index is 12.8. The highest BCUT2D eigenvalue weighted by Crippen LogP contribution is 2.35. The smallest absolute Gasteiger partial charge is 0.416 e. The maximum absolute atomic E-state index is 12.8. The van der Waals surface area contributed by atoms with Crippen LogP contribution in [0.3, 0.4) is 0 Å². The quantitative estimate of drug-likeness (QED) is 0.0468. The second-order valence-corrected chi connectivity index (χ2v) is 12.1. The number of alkyl halides is 3. The molecule has 0 bridgehead atoms. The molecule has 2 fully saturated rings. The van der Waals surface area contributed by atoms with E-state index in [9.17, 15) is 28.1 Å². The number of allylic oxidation sites excluding steroid dienone is 3. The summed E-state index contributed by atoms with van der Waals surface area (Å²) in [5, 5.41) is 9.47. The molecule has 2 unspecified atom stereocenters. The molecule has 8 nitrogen and oxygen atoms in total. The van der Waals surface area contributed by atoms with Crippen molar-refractivity contribution in [2.24, 2.45) is 17.8 Å². The van der Waals surface area contributed by atoms with Crippen LogP contribution in [0.4, 0.5) is 13.2 Å². The van der Waals surface area contributed by atoms with Crippen LogP contribution in [0, 0.1) is 27.9 Å². The molecule has 1 saturated carbocycles. The van der Waals surface area contributed by atoms with Crippen molar-refractivity contribution >= 4 is 5.97 Å². The summed E-state index contributed by atoms with van der Waals surface area (Å²) in [6.45, 7) is 3.90. The lowest BCUT2D eigenvalue weighted by atomic mass is 9.92. The molecule has 11 heteroatoms. The van der Waals surface area contributed by atoms with E-state index in [1.165, 1.54) is 18.9 Å². The zero-order valence-electron chi connectivity index (χ0n) is 26.3. The summed E-state index contributed by atoms with van der Waals surface area (Å²) in [6, 6.07) is 4.98. The van der Waals surface area contributed by atoms with Crippen LogP contribution >= 0.6 is 0 Å². The molecule has 0 radical (unpaired) electrons. The number of esters is 1. The van der Waals surface area contributed by atoms with Gasteiger partial charge in [0.2, 0.25) is 0 Å². The predicted molar refractivity (Wildman–Crippen MR) is 166 cm³/mol. The standard InChI is InChI=1S/C34H49F3N2O6/c35-34(36,37)31-16-8-17-32(27-31)43-24-6-5-13-30-15-7-14-29(30)12-3-1-2-4-18-33(40)44-25-10-21-38-22-19-28(20-23-38)11-9-26-45-39(41)42/h1,3,5,8,13,16-17,27-30H,2,4,6-7,9-12,14-15,18-26H2/b3-1-,13-5+. The Bertz CT molecular complexity index is 1070. The van der Waals surface area contributed by atoms with E-state index < -0.39 is 16.8 Å². The van der Waals surface area contributed by atoms with Gasteiger partial charge in [-0.3, -0.25) is 4.79 Å². The van der Waals surface area contributed by atoms with Gasteiger partial charge in [-0.15, -0.1) is 10.1 Å². The molecule has 1 aromatic rings. The first kappa shape index (κ1) is 36.4. The lowest BCUT2D eigenvalue weighted by Crippen LogP contribution is -2.35. The Hall–Kier alpha value is -3.08. The van der Waals surface area contributed by atoms with E-state index in [1.807, 2.05) is 0 Å². The van der Waals surface area contributed by atoms with Crippen molar-refractivity contribution in [1.82, 2.24) is 4.90 Å². The van der Waals surface area contributed by atoms with E-state index in [1.54, 1.807) is 6.07 Å². The summed E-state index contributed by atoms with van der Waals surface area (Å²) in [5.74, 6) is 1.79. The number of unbranched alkanes of at least 4 members (excludes halogenated alkanes) is 1. The van der Waals surface area contributed by atoms with Gasteiger partial charge in [0.25, 0.3) is 5.09 Å². The molecule has 1 aromatic carbocycles. The van der Waals surface area contributed by atoms with Crippen LogP contribution in [0.2, 0.25) is 0 Å². The largest absolute Gasteiger partial charge is 0.493 e. The number of carbonyl (C=O) groups excluding carboxylic acids is 1. The normalized spacial score (nSPS) is 19.8. The maximum Gasteiger partial charge on any atom is 0.416 e. The number of piperidine rings is 1. The Labute approximate surface area is 265 Å². The van der Waals surface area contributed by atoms with Crippen molar-refractivity contribution in [2.75, 3.05) is 39.5 Å². The zero-order valence-corrected chi connectivity index (χ0v) is 26.3. The van der Waals surface area contributed by atoms with Gasteiger partial charge in [-0.05, 0) is 120 Å². The Kier molecular flexibility index (Phi) is 16.3. The molecule has 2 aliphatic rings. The molecule has 0 amide bonds. The van der Waals surface area contributed by atoms with Crippen LogP contribution in [0.5, 0.6) is 5.75 Å². The Morgan fingerprint density at radius 2 is 1.82 bits per heavy atom. The third-order valence-electron chi connectivity index (χ3n) is 8.72. The molecule has 1 aliphatic heterocycles. The molecule has 1 saturated heterocycles. The fourth-order valence-corrected chi connectivity index (χ4v) is 6.20. The summed E-state index contributed by atoms with van der Waals surface area (Å²) in [7, 11) is 0. The van der Waals surface area contributed by atoms with Gasteiger partial charge in [-0.1, -0.05) is 36.8 Å². The van der Waals surface area contributed by atoms with Gasteiger partial charge >= 0.3 is 12.1 Å². The van der Waals surface area contributed by atoms with Crippen molar-refractivity contribution in [3.8, 4) is 5.75 Å². The highest BCUT2D eigenvalue weighted by atomic mass is 19.4. The molecular weight excluding hydrogens is 589 g/mol. The predicted octanol–water partition coefficient (Wildman–Crippen LogP) is 8.20. The van der Waals surface area contributed by atoms with Crippen LogP contribution in [0.1, 0.15) is 89.0 Å². The van der Waals surface area contributed by atoms with Crippen LogP contribution in [0.15, 0.2) is 48.6 Å². The number of rotatable bonds is 20. The van der Waals surface area contributed by atoms with Gasteiger partial charge in [0.15, 0.2) is 0 Å². The molecule has 0 spiro atoms. The molecule has 1 aliphatic carbocycles. The molecule has 45 heavy (non-hydrogen) atoms. The minimum absolute atomic E-state index is 0.142. The number of hydrogen-bond donors (Lipinski definition) is 0. The fourth-order valence-electron chi connectivity index (χ4n) is 6.20. The second-order valence-electron chi connectivity index (χ2n) is 12.1. The average molecular weight is 639 g/mol. The highest BCUT2D eigenvalue weighted by Gasteiger charge is 2.30. The fraction of sp³-hybridized carbons (Fsp3) is 0.676.